The van der Waals surface area contributed by atoms with Crippen molar-refractivity contribution in [3.63, 3.8) is 0 Å². The molecule has 2 rings (SSSR count). The van der Waals surface area contributed by atoms with Gasteiger partial charge in [0.1, 0.15) is 12.4 Å². The maximum Gasteiger partial charge on any atom is 0.119 e. The number of hydrogen-bond acceptors (Lipinski definition) is 3. The molecule has 1 atom stereocenters. The molecule has 4 heteroatoms. The number of ether oxygens (including phenoxy) is 1. The number of benzene rings is 1. The molecule has 19 heavy (non-hydrogen) atoms. The lowest BCUT2D eigenvalue weighted by Crippen LogP contribution is -2.23. The predicted octanol–water partition coefficient (Wildman–Crippen LogP) is 4.44. The molecule has 0 saturated carbocycles. The molecule has 1 N–H and O–H groups in total. The monoisotopic (exact) mass is 295 g/mol. The van der Waals surface area contributed by atoms with Gasteiger partial charge in [-0.2, -0.15) is 0 Å². The van der Waals surface area contributed by atoms with Gasteiger partial charge in [0.25, 0.3) is 0 Å². The summed E-state index contributed by atoms with van der Waals surface area (Å²) in [6.45, 7) is 5.67. The van der Waals surface area contributed by atoms with E-state index in [1.807, 2.05) is 24.3 Å². The van der Waals surface area contributed by atoms with E-state index in [9.17, 15) is 0 Å². The Bertz CT molecular complexity index is 526. The van der Waals surface area contributed by atoms with Gasteiger partial charge >= 0.3 is 0 Å². The fourth-order valence-electron chi connectivity index (χ4n) is 1.81. The summed E-state index contributed by atoms with van der Waals surface area (Å²) in [6.07, 6.45) is 0. The van der Waals surface area contributed by atoms with Crippen LogP contribution < -0.4 is 10.1 Å². The maximum atomic E-state index is 5.93. The third kappa shape index (κ3) is 4.53. The Morgan fingerprint density at radius 3 is 2.84 bits per heavy atom. The zero-order chi connectivity index (χ0) is 13.7. The summed E-state index contributed by atoms with van der Waals surface area (Å²) < 4.78 is 6.53. The summed E-state index contributed by atoms with van der Waals surface area (Å²) in [4.78, 5) is 1.25. The molecule has 2 aromatic rings. The molecule has 0 aliphatic rings. The first-order chi connectivity index (χ1) is 9.15. The Kier molecular flexibility index (Phi) is 5.25. The van der Waals surface area contributed by atoms with Gasteiger partial charge in [0.05, 0.1) is 4.34 Å². The summed E-state index contributed by atoms with van der Waals surface area (Å²) in [7, 11) is 0. The van der Waals surface area contributed by atoms with Crippen LogP contribution in [0.25, 0.3) is 0 Å². The second-order valence-electron chi connectivity index (χ2n) is 4.48. The molecular formula is C15H18ClNOS. The lowest BCUT2D eigenvalue weighted by Gasteiger charge is -2.12. The van der Waals surface area contributed by atoms with E-state index in [1.54, 1.807) is 11.3 Å². The van der Waals surface area contributed by atoms with Crippen molar-refractivity contribution in [3.8, 4) is 5.75 Å². The minimum absolute atomic E-state index is 0.304. The fourth-order valence-corrected chi connectivity index (χ4v) is 2.90. The summed E-state index contributed by atoms with van der Waals surface area (Å²) in [6, 6.07) is 12.4. The van der Waals surface area contributed by atoms with Crippen LogP contribution in [-0.4, -0.2) is 13.2 Å². The van der Waals surface area contributed by atoms with Gasteiger partial charge in [0.15, 0.2) is 0 Å². The van der Waals surface area contributed by atoms with Crippen molar-refractivity contribution in [2.45, 2.75) is 19.9 Å². The van der Waals surface area contributed by atoms with Crippen molar-refractivity contribution < 1.29 is 4.74 Å². The molecule has 1 aromatic carbocycles. The lowest BCUT2D eigenvalue weighted by molar-refractivity contribution is 0.308. The molecular weight excluding hydrogens is 278 g/mol. The molecule has 1 aromatic heterocycles. The number of halogens is 1. The van der Waals surface area contributed by atoms with E-state index < -0.39 is 0 Å². The van der Waals surface area contributed by atoms with Crippen LogP contribution in [0.2, 0.25) is 4.34 Å². The molecule has 0 bridgehead atoms. The van der Waals surface area contributed by atoms with E-state index in [2.05, 4.69) is 31.3 Å². The van der Waals surface area contributed by atoms with E-state index in [1.165, 1.54) is 10.4 Å². The summed E-state index contributed by atoms with van der Waals surface area (Å²) in [5.41, 5.74) is 1.21. The Morgan fingerprint density at radius 2 is 2.16 bits per heavy atom. The van der Waals surface area contributed by atoms with Crippen LogP contribution in [-0.2, 0) is 0 Å². The molecule has 0 aliphatic carbocycles. The Morgan fingerprint density at radius 1 is 1.32 bits per heavy atom. The highest BCUT2D eigenvalue weighted by Crippen LogP contribution is 2.26. The van der Waals surface area contributed by atoms with Gasteiger partial charge < -0.3 is 10.1 Å². The molecule has 102 valence electrons. The summed E-state index contributed by atoms with van der Waals surface area (Å²) in [5, 5.41) is 3.42. The standard InChI is InChI=1S/C15H18ClNOS/c1-11-4-3-5-13(10-11)18-9-8-17-12(2)14-6-7-15(16)19-14/h3-7,10,12,17H,8-9H2,1-2H3. The number of rotatable bonds is 6. The molecule has 0 radical (unpaired) electrons. The molecule has 2 nitrogen and oxygen atoms in total. The van der Waals surface area contributed by atoms with Gasteiger partial charge in [-0.25, -0.2) is 0 Å². The van der Waals surface area contributed by atoms with Crippen LogP contribution >= 0.6 is 22.9 Å². The van der Waals surface area contributed by atoms with Crippen LogP contribution in [0.1, 0.15) is 23.4 Å². The van der Waals surface area contributed by atoms with Gasteiger partial charge in [0, 0.05) is 17.5 Å². The highest BCUT2D eigenvalue weighted by atomic mass is 35.5. The van der Waals surface area contributed by atoms with Crippen LogP contribution in [0.15, 0.2) is 36.4 Å². The lowest BCUT2D eigenvalue weighted by atomic mass is 10.2. The quantitative estimate of drug-likeness (QED) is 0.796. The summed E-state index contributed by atoms with van der Waals surface area (Å²) in [5.74, 6) is 0.925. The van der Waals surface area contributed by atoms with Crippen LogP contribution in [0.3, 0.4) is 0 Å². The van der Waals surface area contributed by atoms with Crippen molar-refractivity contribution in [2.24, 2.45) is 0 Å². The first-order valence-electron chi connectivity index (χ1n) is 6.33. The van der Waals surface area contributed by atoms with E-state index in [0.717, 1.165) is 16.6 Å². The predicted molar refractivity (Wildman–Crippen MR) is 82.4 cm³/mol. The van der Waals surface area contributed by atoms with Gasteiger partial charge in [-0.1, -0.05) is 23.7 Å². The van der Waals surface area contributed by atoms with Crippen molar-refractivity contribution in [1.82, 2.24) is 5.32 Å². The van der Waals surface area contributed by atoms with Gasteiger partial charge in [-0.15, -0.1) is 11.3 Å². The van der Waals surface area contributed by atoms with Crippen LogP contribution in [0, 0.1) is 6.92 Å². The number of thiophene rings is 1. The highest BCUT2D eigenvalue weighted by Gasteiger charge is 2.07. The highest BCUT2D eigenvalue weighted by molar-refractivity contribution is 7.16. The largest absolute Gasteiger partial charge is 0.492 e. The smallest absolute Gasteiger partial charge is 0.119 e. The molecule has 1 unspecified atom stereocenters. The Labute approximate surface area is 123 Å². The van der Waals surface area contributed by atoms with E-state index in [-0.39, 0.29) is 0 Å². The number of nitrogens with one attached hydrogen (secondary N) is 1. The molecule has 0 spiro atoms. The topological polar surface area (TPSA) is 21.3 Å². The van der Waals surface area contributed by atoms with Gasteiger partial charge in [-0.3, -0.25) is 0 Å². The maximum absolute atomic E-state index is 5.93. The number of aryl methyl sites for hydroxylation is 1. The Balaban J connectivity index is 1.72. The average molecular weight is 296 g/mol. The minimum atomic E-state index is 0.304. The normalized spacial score (nSPS) is 12.4. The summed E-state index contributed by atoms with van der Waals surface area (Å²) >= 11 is 7.54. The first kappa shape index (κ1) is 14.4. The minimum Gasteiger partial charge on any atom is -0.492 e. The molecule has 1 heterocycles. The van der Waals surface area contributed by atoms with Gasteiger partial charge in [-0.05, 0) is 43.7 Å². The van der Waals surface area contributed by atoms with E-state index >= 15 is 0 Å². The second-order valence-corrected chi connectivity index (χ2v) is 6.23. The SMILES string of the molecule is Cc1cccc(OCCNC(C)c2ccc(Cl)s2)c1. The molecule has 0 aliphatic heterocycles. The van der Waals surface area contributed by atoms with E-state index in [4.69, 9.17) is 16.3 Å². The van der Waals surface area contributed by atoms with Crippen molar-refractivity contribution >= 4 is 22.9 Å². The second kappa shape index (κ2) is 6.94. The molecule has 0 amide bonds. The first-order valence-corrected chi connectivity index (χ1v) is 7.52. The third-order valence-corrected chi connectivity index (χ3v) is 4.25. The zero-order valence-electron chi connectivity index (χ0n) is 11.2. The van der Waals surface area contributed by atoms with Gasteiger partial charge in [0.2, 0.25) is 0 Å². The fraction of sp³-hybridized carbons (Fsp3) is 0.333. The van der Waals surface area contributed by atoms with Crippen LogP contribution in [0.4, 0.5) is 0 Å². The van der Waals surface area contributed by atoms with Crippen molar-refractivity contribution in [1.29, 1.82) is 0 Å². The van der Waals surface area contributed by atoms with Crippen LogP contribution in [0.5, 0.6) is 5.75 Å². The molecule has 0 fully saturated rings. The Hall–Kier alpha value is -1.03. The average Bonchev–Trinajstić information content (AvgIpc) is 2.81. The van der Waals surface area contributed by atoms with Crippen molar-refractivity contribution in [2.75, 3.05) is 13.2 Å². The van der Waals surface area contributed by atoms with E-state index in [0.29, 0.717) is 12.6 Å². The molecule has 0 saturated heterocycles. The number of hydrogen-bond donors (Lipinski definition) is 1. The third-order valence-electron chi connectivity index (χ3n) is 2.83. The van der Waals surface area contributed by atoms with Crippen molar-refractivity contribution in [3.05, 3.63) is 51.2 Å². The zero-order valence-corrected chi connectivity index (χ0v) is 12.7.